The van der Waals surface area contributed by atoms with Crippen LogP contribution in [-0.2, 0) is 7.05 Å². The minimum atomic E-state index is 0.742. The Morgan fingerprint density at radius 3 is 2.82 bits per heavy atom. The first kappa shape index (κ1) is 13.1. The smallest absolute Gasteiger partial charge is 0.182 e. The van der Waals surface area contributed by atoms with E-state index in [0.717, 1.165) is 38.6 Å². The van der Waals surface area contributed by atoms with E-state index in [9.17, 15) is 0 Å². The summed E-state index contributed by atoms with van der Waals surface area (Å²) < 4.78 is 1.86. The number of pyridine rings is 2. The molecule has 6 heteroatoms. The fourth-order valence-electron chi connectivity index (χ4n) is 2.53. The summed E-state index contributed by atoms with van der Waals surface area (Å²) in [7, 11) is 1.94. The van der Waals surface area contributed by atoms with Crippen molar-refractivity contribution in [3.63, 3.8) is 0 Å². The number of aryl methyl sites for hydroxylation is 2. The zero-order chi connectivity index (χ0) is 15.1. The van der Waals surface area contributed by atoms with Crippen LogP contribution in [0.3, 0.4) is 0 Å². The SMILES string of the molecule is Cc1c2c(-c3ccccn3)cc(-c3cncs3)nc2nn1C. The first-order valence-electron chi connectivity index (χ1n) is 6.88. The highest BCUT2D eigenvalue weighted by atomic mass is 32.1. The monoisotopic (exact) mass is 307 g/mol. The zero-order valence-electron chi connectivity index (χ0n) is 12.2. The van der Waals surface area contributed by atoms with Crippen molar-refractivity contribution >= 4 is 22.4 Å². The van der Waals surface area contributed by atoms with Gasteiger partial charge >= 0.3 is 0 Å². The van der Waals surface area contributed by atoms with Gasteiger partial charge in [0.15, 0.2) is 5.65 Å². The summed E-state index contributed by atoms with van der Waals surface area (Å²) in [6.45, 7) is 2.05. The van der Waals surface area contributed by atoms with E-state index in [0.29, 0.717) is 0 Å². The lowest BCUT2D eigenvalue weighted by molar-refractivity contribution is 0.748. The Morgan fingerprint density at radius 1 is 1.18 bits per heavy atom. The molecule has 0 aliphatic carbocycles. The van der Waals surface area contributed by atoms with Gasteiger partial charge in [0.2, 0.25) is 0 Å². The molecule has 0 saturated heterocycles. The Morgan fingerprint density at radius 2 is 2.09 bits per heavy atom. The summed E-state index contributed by atoms with van der Waals surface area (Å²) in [6.07, 6.45) is 3.64. The Kier molecular flexibility index (Phi) is 2.97. The maximum Gasteiger partial charge on any atom is 0.182 e. The predicted octanol–water partition coefficient (Wildman–Crippen LogP) is 3.46. The van der Waals surface area contributed by atoms with Gasteiger partial charge in [0.05, 0.1) is 27.2 Å². The first-order valence-corrected chi connectivity index (χ1v) is 7.76. The van der Waals surface area contributed by atoms with Crippen LogP contribution in [0.1, 0.15) is 5.69 Å². The molecule has 0 amide bonds. The van der Waals surface area contributed by atoms with Crippen molar-refractivity contribution in [1.29, 1.82) is 0 Å². The fourth-order valence-corrected chi connectivity index (χ4v) is 3.11. The van der Waals surface area contributed by atoms with Gasteiger partial charge in [-0.15, -0.1) is 11.3 Å². The number of fused-ring (bicyclic) bond motifs is 1. The van der Waals surface area contributed by atoms with Crippen LogP contribution in [0.4, 0.5) is 0 Å². The van der Waals surface area contributed by atoms with E-state index in [2.05, 4.69) is 28.1 Å². The molecule has 4 rings (SSSR count). The topological polar surface area (TPSA) is 56.5 Å². The molecule has 4 heterocycles. The van der Waals surface area contributed by atoms with Gasteiger partial charge < -0.3 is 0 Å². The highest BCUT2D eigenvalue weighted by Gasteiger charge is 2.16. The molecule has 0 aromatic carbocycles. The maximum atomic E-state index is 4.70. The third kappa shape index (κ3) is 2.00. The van der Waals surface area contributed by atoms with Crippen molar-refractivity contribution in [1.82, 2.24) is 24.7 Å². The zero-order valence-corrected chi connectivity index (χ0v) is 13.0. The minimum absolute atomic E-state index is 0.742. The van der Waals surface area contributed by atoms with E-state index >= 15 is 0 Å². The third-order valence-electron chi connectivity index (χ3n) is 3.72. The number of hydrogen-bond donors (Lipinski definition) is 0. The summed E-state index contributed by atoms with van der Waals surface area (Å²) in [5, 5.41) is 5.58. The second kappa shape index (κ2) is 4.99. The van der Waals surface area contributed by atoms with Gasteiger partial charge in [-0.2, -0.15) is 5.10 Å². The normalized spacial score (nSPS) is 11.2. The second-order valence-corrected chi connectivity index (χ2v) is 5.93. The van der Waals surface area contributed by atoms with Gasteiger partial charge in [0, 0.05) is 30.7 Å². The molecule has 0 radical (unpaired) electrons. The molecule has 0 fully saturated rings. The van der Waals surface area contributed by atoms with Gasteiger partial charge in [-0.05, 0) is 25.1 Å². The van der Waals surface area contributed by atoms with Crippen LogP contribution in [0, 0.1) is 6.92 Å². The van der Waals surface area contributed by atoms with Crippen molar-refractivity contribution in [2.75, 3.05) is 0 Å². The molecular weight excluding hydrogens is 294 g/mol. The first-order chi connectivity index (χ1) is 10.7. The molecule has 0 spiro atoms. The average molecular weight is 307 g/mol. The van der Waals surface area contributed by atoms with Crippen molar-refractivity contribution in [3.8, 4) is 21.8 Å². The van der Waals surface area contributed by atoms with Crippen LogP contribution in [0.2, 0.25) is 0 Å². The predicted molar refractivity (Wildman–Crippen MR) is 87.6 cm³/mol. The summed E-state index contributed by atoms with van der Waals surface area (Å²) >= 11 is 1.57. The molecule has 0 unspecified atom stereocenters. The Hall–Kier alpha value is -2.60. The fraction of sp³-hybridized carbons (Fsp3) is 0.125. The Balaban J connectivity index is 2.08. The number of aromatic nitrogens is 5. The van der Waals surface area contributed by atoms with Crippen molar-refractivity contribution in [2.45, 2.75) is 6.92 Å². The molecule has 5 nitrogen and oxygen atoms in total. The number of hydrogen-bond acceptors (Lipinski definition) is 5. The number of rotatable bonds is 2. The molecule has 4 aromatic heterocycles. The molecule has 0 aliphatic rings. The lowest BCUT2D eigenvalue weighted by Crippen LogP contribution is -1.91. The highest BCUT2D eigenvalue weighted by molar-refractivity contribution is 7.13. The van der Waals surface area contributed by atoms with E-state index in [1.165, 1.54) is 0 Å². The molecule has 0 N–H and O–H groups in total. The molecule has 0 aliphatic heterocycles. The highest BCUT2D eigenvalue weighted by Crippen LogP contribution is 2.33. The number of thiazole rings is 1. The lowest BCUT2D eigenvalue weighted by atomic mass is 10.1. The molecule has 22 heavy (non-hydrogen) atoms. The quantitative estimate of drug-likeness (QED) is 0.569. The maximum absolute atomic E-state index is 4.70. The van der Waals surface area contributed by atoms with Crippen molar-refractivity contribution in [3.05, 3.63) is 47.9 Å². The van der Waals surface area contributed by atoms with E-state index in [1.54, 1.807) is 17.5 Å². The van der Waals surface area contributed by atoms with Gasteiger partial charge in [-0.1, -0.05) is 6.07 Å². The standard InChI is InChI=1S/C16H13N5S/c1-10-15-11(12-5-3-4-6-18-12)7-13(14-8-17-9-22-14)19-16(15)20-21(10)2/h3-9H,1-2H3. The molecule has 0 atom stereocenters. The van der Waals surface area contributed by atoms with Crippen LogP contribution in [0.25, 0.3) is 32.9 Å². The van der Waals surface area contributed by atoms with Gasteiger partial charge in [0.25, 0.3) is 0 Å². The van der Waals surface area contributed by atoms with Crippen LogP contribution < -0.4 is 0 Å². The largest absolute Gasteiger partial charge is 0.270 e. The van der Waals surface area contributed by atoms with E-state index < -0.39 is 0 Å². The third-order valence-corrected chi connectivity index (χ3v) is 4.51. The molecule has 0 saturated carbocycles. The average Bonchev–Trinajstić information content (AvgIpc) is 3.17. The van der Waals surface area contributed by atoms with Crippen LogP contribution in [0.5, 0.6) is 0 Å². The van der Waals surface area contributed by atoms with Crippen molar-refractivity contribution < 1.29 is 0 Å². The summed E-state index contributed by atoms with van der Waals surface area (Å²) in [5.74, 6) is 0. The van der Waals surface area contributed by atoms with E-state index in [4.69, 9.17) is 4.98 Å². The summed E-state index contributed by atoms with van der Waals surface area (Å²) in [6, 6.07) is 8.00. The summed E-state index contributed by atoms with van der Waals surface area (Å²) in [5.41, 5.74) is 6.50. The van der Waals surface area contributed by atoms with Crippen LogP contribution in [-0.4, -0.2) is 24.7 Å². The molecular formula is C16H13N5S. The Labute approximate surface area is 131 Å². The number of nitrogens with zero attached hydrogens (tertiary/aromatic N) is 5. The lowest BCUT2D eigenvalue weighted by Gasteiger charge is -2.05. The van der Waals surface area contributed by atoms with Crippen LogP contribution in [0.15, 0.2) is 42.2 Å². The van der Waals surface area contributed by atoms with Gasteiger partial charge in [-0.25, -0.2) is 4.98 Å². The van der Waals surface area contributed by atoms with E-state index in [1.807, 2.05) is 41.6 Å². The summed E-state index contributed by atoms with van der Waals surface area (Å²) in [4.78, 5) is 14.4. The van der Waals surface area contributed by atoms with Crippen molar-refractivity contribution in [2.24, 2.45) is 7.05 Å². The van der Waals surface area contributed by atoms with Gasteiger partial charge in [-0.3, -0.25) is 14.6 Å². The molecule has 108 valence electrons. The van der Waals surface area contributed by atoms with E-state index in [-0.39, 0.29) is 0 Å². The van der Waals surface area contributed by atoms with Crippen LogP contribution >= 0.6 is 11.3 Å². The molecule has 4 aromatic rings. The minimum Gasteiger partial charge on any atom is -0.270 e. The molecule has 0 bridgehead atoms. The second-order valence-electron chi connectivity index (χ2n) is 5.04. The Bertz CT molecular complexity index is 942. The van der Waals surface area contributed by atoms with Gasteiger partial charge in [0.1, 0.15) is 0 Å².